The molecular weight excluding hydrogens is 280 g/mol. The Morgan fingerprint density at radius 1 is 1.60 bits per heavy atom. The molecule has 2 rings (SSSR count). The third-order valence-electron chi connectivity index (χ3n) is 3.19. The molecule has 2 atom stereocenters. The van der Waals surface area contributed by atoms with E-state index in [1.807, 2.05) is 13.0 Å². The van der Waals surface area contributed by atoms with Crippen LogP contribution in [0.25, 0.3) is 0 Å². The number of carbonyl (C=O) groups excluding carboxylic acids is 1. The Morgan fingerprint density at radius 3 is 3.00 bits per heavy atom. The van der Waals surface area contributed by atoms with Crippen molar-refractivity contribution in [3.8, 4) is 0 Å². The first-order valence-electron chi connectivity index (χ1n) is 6.56. The van der Waals surface area contributed by atoms with Gasteiger partial charge in [-0.15, -0.1) is 11.8 Å². The van der Waals surface area contributed by atoms with Crippen LogP contribution in [0.3, 0.4) is 0 Å². The van der Waals surface area contributed by atoms with E-state index in [0.29, 0.717) is 18.7 Å². The van der Waals surface area contributed by atoms with Crippen molar-refractivity contribution in [1.29, 1.82) is 0 Å². The molecule has 0 spiro atoms. The summed E-state index contributed by atoms with van der Waals surface area (Å²) in [6.07, 6.45) is 2.91. The minimum Gasteiger partial charge on any atom is -0.480 e. The highest BCUT2D eigenvalue weighted by Gasteiger charge is 2.40. The summed E-state index contributed by atoms with van der Waals surface area (Å²) in [5.74, 6) is 0.289. The number of aliphatic carboxylic acids is 1. The lowest BCUT2D eigenvalue weighted by atomic mass is 10.2. The summed E-state index contributed by atoms with van der Waals surface area (Å²) in [5.41, 5.74) is 0. The Hall–Kier alpha value is -1.63. The second-order valence-corrected chi connectivity index (χ2v) is 5.73. The van der Waals surface area contributed by atoms with Gasteiger partial charge in [-0.25, -0.2) is 9.59 Å². The molecule has 2 N–H and O–H groups in total. The topological polar surface area (TPSA) is 82.8 Å². The van der Waals surface area contributed by atoms with Crippen LogP contribution in [0, 0.1) is 0 Å². The fourth-order valence-electron chi connectivity index (χ4n) is 2.18. The molecule has 1 fully saturated rings. The maximum atomic E-state index is 12.2. The van der Waals surface area contributed by atoms with E-state index in [4.69, 9.17) is 4.42 Å². The van der Waals surface area contributed by atoms with Crippen LogP contribution < -0.4 is 5.32 Å². The highest BCUT2D eigenvalue weighted by atomic mass is 32.2. The molecule has 1 aliphatic rings. The monoisotopic (exact) mass is 298 g/mol. The average molecular weight is 298 g/mol. The highest BCUT2D eigenvalue weighted by Crippen LogP contribution is 2.31. The molecule has 2 unspecified atom stereocenters. The molecule has 2 amide bonds. The van der Waals surface area contributed by atoms with Crippen molar-refractivity contribution in [2.45, 2.75) is 31.2 Å². The number of urea groups is 1. The number of carboxylic acids is 1. The summed E-state index contributed by atoms with van der Waals surface area (Å²) in [4.78, 5) is 24.8. The lowest BCUT2D eigenvalue weighted by molar-refractivity contribution is -0.141. The number of thioether (sulfide) groups is 1. The first-order chi connectivity index (χ1) is 9.63. The molecule has 1 saturated heterocycles. The van der Waals surface area contributed by atoms with E-state index >= 15 is 0 Å². The van der Waals surface area contributed by atoms with Gasteiger partial charge in [0.15, 0.2) is 0 Å². The zero-order valence-electron chi connectivity index (χ0n) is 11.2. The molecule has 0 bridgehead atoms. The molecule has 7 heteroatoms. The fraction of sp³-hybridized carbons (Fsp3) is 0.538. The molecule has 6 nitrogen and oxygen atoms in total. The summed E-state index contributed by atoms with van der Waals surface area (Å²) in [5, 5.41) is 11.9. The molecule has 1 aromatic heterocycles. The summed E-state index contributed by atoms with van der Waals surface area (Å²) >= 11 is 1.51. The zero-order chi connectivity index (χ0) is 14.5. The first kappa shape index (κ1) is 14.8. The number of amides is 2. The van der Waals surface area contributed by atoms with Crippen molar-refractivity contribution < 1.29 is 19.1 Å². The number of carbonyl (C=O) groups is 2. The van der Waals surface area contributed by atoms with Gasteiger partial charge >= 0.3 is 12.0 Å². The van der Waals surface area contributed by atoms with Gasteiger partial charge in [0.2, 0.25) is 0 Å². The van der Waals surface area contributed by atoms with Crippen LogP contribution in [0.5, 0.6) is 0 Å². The minimum absolute atomic E-state index is 0.0697. The molecule has 0 aromatic carbocycles. The van der Waals surface area contributed by atoms with Crippen molar-refractivity contribution in [2.75, 3.05) is 12.3 Å². The molecule has 0 aliphatic carbocycles. The van der Waals surface area contributed by atoms with Gasteiger partial charge in [0.25, 0.3) is 0 Å². The normalized spacial score (nSPS) is 21.9. The SMILES string of the molecule is CCC1SCC(C(=O)O)N1C(=O)NCCc1ccco1. The van der Waals surface area contributed by atoms with Crippen molar-refractivity contribution in [2.24, 2.45) is 0 Å². The maximum Gasteiger partial charge on any atom is 0.327 e. The Morgan fingerprint density at radius 2 is 2.40 bits per heavy atom. The summed E-state index contributed by atoms with van der Waals surface area (Å²) < 4.78 is 5.18. The molecule has 1 aromatic rings. The van der Waals surface area contributed by atoms with E-state index in [0.717, 1.165) is 12.2 Å². The van der Waals surface area contributed by atoms with Crippen molar-refractivity contribution in [1.82, 2.24) is 10.2 Å². The van der Waals surface area contributed by atoms with Gasteiger partial charge in [0.1, 0.15) is 11.8 Å². The summed E-state index contributed by atoms with van der Waals surface area (Å²) in [6.45, 7) is 2.38. The standard InChI is InChI=1S/C13H18N2O4S/c1-2-11-15(10(8-20-11)12(16)17)13(18)14-6-5-9-4-3-7-19-9/h3-4,7,10-11H,2,5-6,8H2,1H3,(H,14,18)(H,16,17). The number of rotatable bonds is 5. The van der Waals surface area contributed by atoms with Crippen molar-refractivity contribution in [3.63, 3.8) is 0 Å². The Bertz CT molecular complexity index is 463. The van der Waals surface area contributed by atoms with E-state index in [2.05, 4.69) is 5.32 Å². The van der Waals surface area contributed by atoms with Gasteiger partial charge in [0.05, 0.1) is 11.6 Å². The summed E-state index contributed by atoms with van der Waals surface area (Å²) in [6, 6.07) is 2.57. The number of hydrogen-bond acceptors (Lipinski definition) is 4. The van der Waals surface area contributed by atoms with Gasteiger partial charge in [-0.05, 0) is 18.6 Å². The van der Waals surface area contributed by atoms with E-state index in [1.54, 1.807) is 12.3 Å². The van der Waals surface area contributed by atoms with E-state index in [9.17, 15) is 14.7 Å². The van der Waals surface area contributed by atoms with Crippen LogP contribution in [-0.4, -0.2) is 45.7 Å². The molecule has 0 saturated carbocycles. The molecule has 20 heavy (non-hydrogen) atoms. The lowest BCUT2D eigenvalue weighted by Gasteiger charge is -2.26. The Kier molecular flexibility index (Phi) is 4.94. The number of carboxylic acid groups (broad SMARTS) is 1. The van der Waals surface area contributed by atoms with E-state index < -0.39 is 12.0 Å². The molecular formula is C13H18N2O4S. The van der Waals surface area contributed by atoms with Crippen LogP contribution in [0.1, 0.15) is 19.1 Å². The second kappa shape index (κ2) is 6.69. The third-order valence-corrected chi connectivity index (χ3v) is 4.64. The van der Waals surface area contributed by atoms with Gasteiger partial charge in [-0.3, -0.25) is 4.90 Å². The maximum absolute atomic E-state index is 12.2. The van der Waals surface area contributed by atoms with Crippen LogP contribution >= 0.6 is 11.8 Å². The first-order valence-corrected chi connectivity index (χ1v) is 7.61. The van der Waals surface area contributed by atoms with Gasteiger partial charge in [-0.2, -0.15) is 0 Å². The van der Waals surface area contributed by atoms with Crippen LogP contribution in [-0.2, 0) is 11.2 Å². The number of hydrogen-bond donors (Lipinski definition) is 2. The average Bonchev–Trinajstić information content (AvgIpc) is 3.07. The van der Waals surface area contributed by atoms with Gasteiger partial charge in [0, 0.05) is 18.7 Å². The predicted octanol–water partition coefficient (Wildman–Crippen LogP) is 1.77. The smallest absolute Gasteiger partial charge is 0.327 e. The lowest BCUT2D eigenvalue weighted by Crippen LogP contribution is -2.50. The number of furan rings is 1. The van der Waals surface area contributed by atoms with E-state index in [1.165, 1.54) is 16.7 Å². The predicted molar refractivity (Wildman–Crippen MR) is 75.6 cm³/mol. The van der Waals surface area contributed by atoms with Crippen LogP contribution in [0.15, 0.2) is 22.8 Å². The Labute approximate surface area is 121 Å². The molecule has 1 aliphatic heterocycles. The molecule has 2 heterocycles. The van der Waals surface area contributed by atoms with Crippen LogP contribution in [0.2, 0.25) is 0 Å². The van der Waals surface area contributed by atoms with Gasteiger partial charge < -0.3 is 14.8 Å². The van der Waals surface area contributed by atoms with E-state index in [-0.39, 0.29) is 11.4 Å². The summed E-state index contributed by atoms with van der Waals surface area (Å²) in [7, 11) is 0. The third kappa shape index (κ3) is 3.27. The highest BCUT2D eigenvalue weighted by molar-refractivity contribution is 8.00. The quantitative estimate of drug-likeness (QED) is 0.865. The molecule has 0 radical (unpaired) electrons. The van der Waals surface area contributed by atoms with Crippen LogP contribution in [0.4, 0.5) is 4.79 Å². The Balaban J connectivity index is 1.90. The second-order valence-electron chi connectivity index (χ2n) is 4.52. The fourth-order valence-corrected chi connectivity index (χ4v) is 3.53. The largest absolute Gasteiger partial charge is 0.480 e. The van der Waals surface area contributed by atoms with Gasteiger partial charge in [-0.1, -0.05) is 6.92 Å². The zero-order valence-corrected chi connectivity index (χ0v) is 12.1. The number of nitrogens with zero attached hydrogens (tertiary/aromatic N) is 1. The number of nitrogens with one attached hydrogen (secondary N) is 1. The van der Waals surface area contributed by atoms with Crippen molar-refractivity contribution in [3.05, 3.63) is 24.2 Å². The minimum atomic E-state index is -0.949. The molecule has 110 valence electrons. The van der Waals surface area contributed by atoms with Crippen molar-refractivity contribution >= 4 is 23.8 Å².